The Morgan fingerprint density at radius 3 is 2.63 bits per heavy atom. The zero-order chi connectivity index (χ0) is 19.6. The lowest BCUT2D eigenvalue weighted by atomic mass is 10.0. The summed E-state index contributed by atoms with van der Waals surface area (Å²) in [6, 6.07) is 7.53. The van der Waals surface area contributed by atoms with Crippen LogP contribution in [0.5, 0.6) is 0 Å². The lowest BCUT2D eigenvalue weighted by molar-refractivity contribution is -0.127. The number of piperidine rings is 1. The van der Waals surface area contributed by atoms with Crippen LogP contribution < -0.4 is 10.2 Å². The largest absolute Gasteiger partial charge is 0.374 e. The van der Waals surface area contributed by atoms with E-state index in [1.54, 1.807) is 4.90 Å². The molecule has 1 N–H and O–H groups in total. The van der Waals surface area contributed by atoms with Gasteiger partial charge in [0, 0.05) is 37.8 Å². The SMILES string of the molecule is CCc1cccc(N2CC(C(=O)NC3CCN(S(=O)(=O)F)CC3)CC2=O)c1. The third kappa shape index (κ3) is 4.65. The van der Waals surface area contributed by atoms with Crippen molar-refractivity contribution in [1.29, 1.82) is 0 Å². The molecule has 1 atom stereocenters. The van der Waals surface area contributed by atoms with Crippen LogP contribution in [0.1, 0.15) is 31.7 Å². The molecule has 1 aromatic rings. The van der Waals surface area contributed by atoms with Crippen LogP contribution in [0.2, 0.25) is 0 Å². The first kappa shape index (κ1) is 19.8. The van der Waals surface area contributed by atoms with E-state index in [0.29, 0.717) is 19.4 Å². The summed E-state index contributed by atoms with van der Waals surface area (Å²) in [7, 11) is -4.68. The van der Waals surface area contributed by atoms with Gasteiger partial charge in [0.15, 0.2) is 0 Å². The van der Waals surface area contributed by atoms with Gasteiger partial charge in [-0.3, -0.25) is 9.59 Å². The summed E-state index contributed by atoms with van der Waals surface area (Å²) in [5.41, 5.74) is 1.93. The third-order valence-electron chi connectivity index (χ3n) is 5.24. The number of nitrogens with one attached hydrogen (secondary N) is 1. The van der Waals surface area contributed by atoms with E-state index in [1.165, 1.54) is 0 Å². The molecule has 2 amide bonds. The Morgan fingerprint density at radius 1 is 1.30 bits per heavy atom. The van der Waals surface area contributed by atoms with Crippen LogP contribution in [-0.2, 0) is 26.4 Å². The van der Waals surface area contributed by atoms with Gasteiger partial charge >= 0.3 is 10.4 Å². The summed E-state index contributed by atoms with van der Waals surface area (Å²) in [5.74, 6) is -0.730. The number of carbonyl (C=O) groups excluding carboxylic acids is 2. The highest BCUT2D eigenvalue weighted by atomic mass is 32.3. The van der Waals surface area contributed by atoms with Gasteiger partial charge in [0.1, 0.15) is 0 Å². The Hall–Kier alpha value is -2.00. The highest BCUT2D eigenvalue weighted by Crippen LogP contribution is 2.26. The number of nitrogens with zero attached hydrogens (tertiary/aromatic N) is 2. The maximum Gasteiger partial charge on any atom is 0.374 e. The molecule has 0 aliphatic carbocycles. The maximum atomic E-state index is 13.0. The first-order chi connectivity index (χ1) is 12.8. The fourth-order valence-electron chi connectivity index (χ4n) is 3.61. The predicted octanol–water partition coefficient (Wildman–Crippen LogP) is 1.40. The summed E-state index contributed by atoms with van der Waals surface area (Å²) < 4.78 is 35.6. The van der Waals surface area contributed by atoms with Crippen molar-refractivity contribution in [2.45, 2.75) is 38.6 Å². The fourth-order valence-corrected chi connectivity index (χ4v) is 4.26. The quantitative estimate of drug-likeness (QED) is 0.761. The molecule has 2 aliphatic rings. The first-order valence-corrected chi connectivity index (χ1v) is 10.5. The molecule has 148 valence electrons. The van der Waals surface area contributed by atoms with Crippen LogP contribution in [0.15, 0.2) is 24.3 Å². The van der Waals surface area contributed by atoms with Gasteiger partial charge in [-0.05, 0) is 37.0 Å². The van der Waals surface area contributed by atoms with Gasteiger partial charge in [-0.15, -0.1) is 0 Å². The second-order valence-electron chi connectivity index (χ2n) is 7.05. The number of benzene rings is 1. The molecule has 0 aromatic heterocycles. The van der Waals surface area contributed by atoms with Gasteiger partial charge in [0.2, 0.25) is 11.8 Å². The standard InChI is InChI=1S/C18H24FN3O4S/c1-2-13-4-3-5-16(10-13)22-12-14(11-17(22)23)18(24)20-15-6-8-21(9-7-15)27(19,25)26/h3-5,10,14-15H,2,6-9,11-12H2,1H3,(H,20,24). The Morgan fingerprint density at radius 2 is 2.00 bits per heavy atom. The van der Waals surface area contributed by atoms with E-state index >= 15 is 0 Å². The van der Waals surface area contributed by atoms with Crippen molar-refractivity contribution in [1.82, 2.24) is 9.62 Å². The molecule has 0 radical (unpaired) electrons. The molecule has 3 rings (SSSR count). The van der Waals surface area contributed by atoms with Gasteiger partial charge in [-0.2, -0.15) is 12.7 Å². The van der Waals surface area contributed by atoms with Crippen molar-refractivity contribution in [3.05, 3.63) is 29.8 Å². The van der Waals surface area contributed by atoms with Crippen LogP contribution in [0, 0.1) is 5.92 Å². The molecule has 27 heavy (non-hydrogen) atoms. The molecule has 2 fully saturated rings. The van der Waals surface area contributed by atoms with Crippen LogP contribution in [0.3, 0.4) is 0 Å². The monoisotopic (exact) mass is 397 g/mol. The van der Waals surface area contributed by atoms with Crippen molar-refractivity contribution in [2.75, 3.05) is 24.5 Å². The van der Waals surface area contributed by atoms with E-state index in [-0.39, 0.29) is 37.4 Å². The molecule has 1 unspecified atom stereocenters. The van der Waals surface area contributed by atoms with Crippen molar-refractivity contribution >= 4 is 27.9 Å². The zero-order valence-corrected chi connectivity index (χ0v) is 16.0. The van der Waals surface area contributed by atoms with Gasteiger partial charge in [0.25, 0.3) is 0 Å². The molecule has 1 aromatic carbocycles. The molecule has 2 aliphatic heterocycles. The molecular weight excluding hydrogens is 373 g/mol. The van der Waals surface area contributed by atoms with Crippen LogP contribution >= 0.6 is 0 Å². The Labute approximate surface area is 158 Å². The van der Waals surface area contributed by atoms with E-state index in [9.17, 15) is 21.9 Å². The first-order valence-electron chi connectivity index (χ1n) is 9.17. The number of halogens is 1. The molecule has 7 nitrogen and oxygen atoms in total. The number of amides is 2. The van der Waals surface area contributed by atoms with Crippen molar-refractivity contribution in [3.63, 3.8) is 0 Å². The smallest absolute Gasteiger partial charge is 0.353 e. The second-order valence-corrected chi connectivity index (χ2v) is 8.39. The summed E-state index contributed by atoms with van der Waals surface area (Å²) in [5, 5.41) is 2.89. The Kier molecular flexibility index (Phi) is 5.81. The van der Waals surface area contributed by atoms with E-state index in [0.717, 1.165) is 22.0 Å². The summed E-state index contributed by atoms with van der Waals surface area (Å²) in [4.78, 5) is 26.5. The molecular formula is C18H24FN3O4S. The van der Waals surface area contributed by atoms with E-state index in [1.807, 2.05) is 31.2 Å². The van der Waals surface area contributed by atoms with Crippen LogP contribution in [0.25, 0.3) is 0 Å². The molecule has 0 bridgehead atoms. The van der Waals surface area contributed by atoms with E-state index < -0.39 is 16.3 Å². The average molecular weight is 397 g/mol. The van der Waals surface area contributed by atoms with Gasteiger partial charge in [0.05, 0.1) is 5.92 Å². The maximum absolute atomic E-state index is 13.0. The minimum Gasteiger partial charge on any atom is -0.353 e. The highest BCUT2D eigenvalue weighted by molar-refractivity contribution is 7.83. The molecule has 2 saturated heterocycles. The van der Waals surface area contributed by atoms with Crippen LogP contribution in [0.4, 0.5) is 9.57 Å². The normalized spacial score (nSPS) is 22.2. The molecule has 9 heteroatoms. The number of rotatable bonds is 5. The highest BCUT2D eigenvalue weighted by Gasteiger charge is 2.36. The summed E-state index contributed by atoms with van der Waals surface area (Å²) in [6.07, 6.45) is 1.74. The number of carbonyl (C=O) groups is 2. The number of hydrogen-bond donors (Lipinski definition) is 1. The molecule has 0 spiro atoms. The summed E-state index contributed by atoms with van der Waals surface area (Å²) >= 11 is 0. The minimum atomic E-state index is -4.68. The zero-order valence-electron chi connectivity index (χ0n) is 15.2. The van der Waals surface area contributed by atoms with E-state index in [2.05, 4.69) is 5.32 Å². The summed E-state index contributed by atoms with van der Waals surface area (Å²) in [6.45, 7) is 2.46. The van der Waals surface area contributed by atoms with Crippen molar-refractivity contribution in [3.8, 4) is 0 Å². The van der Waals surface area contributed by atoms with Gasteiger partial charge < -0.3 is 10.2 Å². The van der Waals surface area contributed by atoms with Gasteiger partial charge in [-0.25, -0.2) is 0 Å². The number of aryl methyl sites for hydroxylation is 1. The average Bonchev–Trinajstić information content (AvgIpc) is 3.03. The minimum absolute atomic E-state index is 0.0450. The fraction of sp³-hybridized carbons (Fsp3) is 0.556. The molecule has 0 saturated carbocycles. The number of hydrogen-bond acceptors (Lipinski definition) is 4. The topological polar surface area (TPSA) is 86.8 Å². The molecule has 2 heterocycles. The third-order valence-corrected chi connectivity index (χ3v) is 6.22. The Balaban J connectivity index is 1.56. The van der Waals surface area contributed by atoms with Crippen molar-refractivity contribution < 1.29 is 21.9 Å². The van der Waals surface area contributed by atoms with Gasteiger partial charge in [-0.1, -0.05) is 22.9 Å². The Bertz CT molecular complexity index is 822. The lowest BCUT2D eigenvalue weighted by Crippen LogP contribution is -2.47. The van der Waals surface area contributed by atoms with Crippen LogP contribution in [-0.4, -0.2) is 50.2 Å². The predicted molar refractivity (Wildman–Crippen MR) is 99.0 cm³/mol. The van der Waals surface area contributed by atoms with E-state index in [4.69, 9.17) is 0 Å². The van der Waals surface area contributed by atoms with Crippen molar-refractivity contribution in [2.24, 2.45) is 5.92 Å². The second kappa shape index (κ2) is 7.93. The number of anilines is 1. The lowest BCUT2D eigenvalue weighted by Gasteiger charge is -2.29.